The van der Waals surface area contributed by atoms with Crippen molar-refractivity contribution in [3.05, 3.63) is 68.5 Å². The summed E-state index contributed by atoms with van der Waals surface area (Å²) < 4.78 is 1.96. The number of anilines is 1. The highest BCUT2D eigenvalue weighted by Gasteiger charge is 2.22. The quantitative estimate of drug-likeness (QED) is 0.543. The van der Waals surface area contributed by atoms with E-state index in [1.54, 1.807) is 25.3 Å². The van der Waals surface area contributed by atoms with Gasteiger partial charge in [0.2, 0.25) is 0 Å². The Labute approximate surface area is 188 Å². The summed E-state index contributed by atoms with van der Waals surface area (Å²) in [5.74, 6) is -0.206. The van der Waals surface area contributed by atoms with Gasteiger partial charge < -0.3 is 10.6 Å². The van der Waals surface area contributed by atoms with Crippen molar-refractivity contribution in [3.63, 3.8) is 0 Å². The van der Waals surface area contributed by atoms with Crippen LogP contribution in [0.3, 0.4) is 0 Å². The van der Waals surface area contributed by atoms with Crippen LogP contribution in [-0.2, 0) is 0 Å². The van der Waals surface area contributed by atoms with Gasteiger partial charge >= 0.3 is 0 Å². The molecule has 0 atom stereocenters. The predicted octanol–water partition coefficient (Wildman–Crippen LogP) is 4.69. The van der Waals surface area contributed by atoms with E-state index in [2.05, 4.69) is 36.6 Å². The molecule has 3 aromatic rings. The molecule has 0 radical (unpaired) electrons. The number of benzene rings is 1. The first kappa shape index (κ1) is 22.0. The standard InChI is InChI=1S/C21H21BrClN5O2/c1-11(2)25-20(29)15-9-14(23)8-13(4)18(15)26-21(30)16-10-17(22)27-28(16)19-12(3)6-5-7-24-19/h5-11H,1-4H3,(H,25,29)(H,26,30). The van der Waals surface area contributed by atoms with Crippen molar-refractivity contribution in [1.82, 2.24) is 20.1 Å². The van der Waals surface area contributed by atoms with Gasteiger partial charge in [-0.05, 0) is 73.0 Å². The fourth-order valence-electron chi connectivity index (χ4n) is 2.98. The van der Waals surface area contributed by atoms with Crippen molar-refractivity contribution in [2.45, 2.75) is 33.7 Å². The van der Waals surface area contributed by atoms with Crippen LogP contribution in [0.4, 0.5) is 5.69 Å². The van der Waals surface area contributed by atoms with Gasteiger partial charge in [-0.2, -0.15) is 5.10 Å². The van der Waals surface area contributed by atoms with Gasteiger partial charge in [-0.15, -0.1) is 0 Å². The Kier molecular flexibility index (Phi) is 6.58. The lowest BCUT2D eigenvalue weighted by molar-refractivity contribution is 0.0944. The monoisotopic (exact) mass is 489 g/mol. The zero-order valence-electron chi connectivity index (χ0n) is 17.0. The van der Waals surface area contributed by atoms with Crippen molar-refractivity contribution >= 4 is 45.0 Å². The number of carbonyl (C=O) groups excluding carboxylic acids is 2. The Bertz CT molecular complexity index is 1130. The number of aryl methyl sites for hydroxylation is 2. The molecule has 0 saturated heterocycles. The number of halogens is 2. The molecule has 7 nitrogen and oxygen atoms in total. The molecule has 30 heavy (non-hydrogen) atoms. The molecule has 0 fully saturated rings. The van der Waals surface area contributed by atoms with Crippen LogP contribution in [-0.4, -0.2) is 32.6 Å². The normalized spacial score (nSPS) is 10.9. The number of hydrogen-bond donors (Lipinski definition) is 2. The molecule has 156 valence electrons. The summed E-state index contributed by atoms with van der Waals surface area (Å²) in [6, 6.07) is 8.47. The van der Waals surface area contributed by atoms with Crippen LogP contribution in [0.1, 0.15) is 45.8 Å². The minimum absolute atomic E-state index is 0.0649. The van der Waals surface area contributed by atoms with Crippen LogP contribution in [0.2, 0.25) is 5.02 Å². The van der Waals surface area contributed by atoms with Crippen molar-refractivity contribution < 1.29 is 9.59 Å². The average molecular weight is 491 g/mol. The van der Waals surface area contributed by atoms with Gasteiger partial charge in [0.05, 0.1) is 11.3 Å². The molecule has 0 spiro atoms. The van der Waals surface area contributed by atoms with E-state index < -0.39 is 5.91 Å². The van der Waals surface area contributed by atoms with E-state index in [1.807, 2.05) is 32.9 Å². The molecule has 0 saturated carbocycles. The largest absolute Gasteiger partial charge is 0.350 e. The number of rotatable bonds is 5. The second kappa shape index (κ2) is 8.97. The van der Waals surface area contributed by atoms with Gasteiger partial charge in [-0.3, -0.25) is 9.59 Å². The molecule has 2 aromatic heterocycles. The lowest BCUT2D eigenvalue weighted by Crippen LogP contribution is -2.31. The minimum atomic E-state index is -0.428. The summed E-state index contributed by atoms with van der Waals surface area (Å²) in [4.78, 5) is 30.2. The maximum atomic E-state index is 13.2. The van der Waals surface area contributed by atoms with Gasteiger partial charge in [0, 0.05) is 23.3 Å². The molecule has 1 aromatic carbocycles. The summed E-state index contributed by atoms with van der Waals surface area (Å²) in [7, 11) is 0. The lowest BCUT2D eigenvalue weighted by Gasteiger charge is -2.16. The topological polar surface area (TPSA) is 88.9 Å². The van der Waals surface area contributed by atoms with Crippen molar-refractivity contribution in [1.29, 1.82) is 0 Å². The molecular weight excluding hydrogens is 470 g/mol. The van der Waals surface area contributed by atoms with E-state index in [4.69, 9.17) is 11.6 Å². The Hall–Kier alpha value is -2.71. The third-order valence-electron chi connectivity index (χ3n) is 4.30. The van der Waals surface area contributed by atoms with Crippen molar-refractivity contribution in [2.24, 2.45) is 0 Å². The van der Waals surface area contributed by atoms with Crippen LogP contribution >= 0.6 is 27.5 Å². The van der Waals surface area contributed by atoms with Crippen LogP contribution in [0.25, 0.3) is 5.82 Å². The molecule has 2 N–H and O–H groups in total. The Morgan fingerprint density at radius 1 is 1.13 bits per heavy atom. The summed E-state index contributed by atoms with van der Waals surface area (Å²) in [5.41, 5.74) is 2.49. The van der Waals surface area contributed by atoms with Gasteiger partial charge in [-0.1, -0.05) is 17.7 Å². The molecule has 2 amide bonds. The first-order chi connectivity index (χ1) is 14.2. The molecule has 2 heterocycles. The molecule has 9 heteroatoms. The number of nitrogens with one attached hydrogen (secondary N) is 2. The maximum absolute atomic E-state index is 13.2. The van der Waals surface area contributed by atoms with Crippen molar-refractivity contribution in [2.75, 3.05) is 5.32 Å². The third-order valence-corrected chi connectivity index (χ3v) is 4.90. The Balaban J connectivity index is 2.02. The number of carbonyl (C=O) groups is 2. The molecule has 0 aliphatic carbocycles. The zero-order chi connectivity index (χ0) is 22.0. The van der Waals surface area contributed by atoms with E-state index in [0.717, 1.165) is 5.56 Å². The number of amides is 2. The summed E-state index contributed by atoms with van der Waals surface area (Å²) in [5, 5.41) is 10.4. The van der Waals surface area contributed by atoms with Crippen LogP contribution in [0.15, 0.2) is 41.1 Å². The van der Waals surface area contributed by atoms with E-state index in [9.17, 15) is 9.59 Å². The first-order valence-corrected chi connectivity index (χ1v) is 10.4. The van der Waals surface area contributed by atoms with E-state index in [1.165, 1.54) is 10.7 Å². The Morgan fingerprint density at radius 2 is 1.87 bits per heavy atom. The predicted molar refractivity (Wildman–Crippen MR) is 121 cm³/mol. The zero-order valence-corrected chi connectivity index (χ0v) is 19.3. The first-order valence-electron chi connectivity index (χ1n) is 9.27. The molecule has 3 rings (SSSR count). The van der Waals surface area contributed by atoms with Crippen LogP contribution in [0, 0.1) is 13.8 Å². The summed E-state index contributed by atoms with van der Waals surface area (Å²) in [6.07, 6.45) is 1.64. The molecule has 0 unspecified atom stereocenters. The second-order valence-corrected chi connectivity index (χ2v) is 8.38. The van der Waals surface area contributed by atoms with E-state index in [-0.39, 0.29) is 17.6 Å². The molecule has 0 aliphatic rings. The number of hydrogen-bond acceptors (Lipinski definition) is 4. The molecular formula is C21H21BrClN5O2. The highest BCUT2D eigenvalue weighted by atomic mass is 79.9. The fourth-order valence-corrected chi connectivity index (χ4v) is 3.63. The number of nitrogens with zero attached hydrogens (tertiary/aromatic N) is 3. The van der Waals surface area contributed by atoms with Gasteiger partial charge in [0.15, 0.2) is 5.82 Å². The van der Waals surface area contributed by atoms with E-state index in [0.29, 0.717) is 32.3 Å². The summed E-state index contributed by atoms with van der Waals surface area (Å²) >= 11 is 9.49. The SMILES string of the molecule is Cc1cccnc1-n1nc(Br)cc1C(=O)Nc1c(C)cc(Cl)cc1C(=O)NC(C)C. The fraction of sp³-hybridized carbons (Fsp3) is 0.238. The molecule has 0 aliphatic heterocycles. The second-order valence-electron chi connectivity index (χ2n) is 7.14. The van der Waals surface area contributed by atoms with Gasteiger partial charge in [0.25, 0.3) is 11.8 Å². The van der Waals surface area contributed by atoms with Crippen molar-refractivity contribution in [3.8, 4) is 5.82 Å². The van der Waals surface area contributed by atoms with Crippen LogP contribution in [0.5, 0.6) is 0 Å². The lowest BCUT2D eigenvalue weighted by atomic mass is 10.1. The smallest absolute Gasteiger partial charge is 0.274 e. The van der Waals surface area contributed by atoms with Crippen LogP contribution < -0.4 is 10.6 Å². The van der Waals surface area contributed by atoms with E-state index >= 15 is 0 Å². The highest BCUT2D eigenvalue weighted by Crippen LogP contribution is 2.27. The summed E-state index contributed by atoms with van der Waals surface area (Å²) in [6.45, 7) is 7.39. The number of aromatic nitrogens is 3. The minimum Gasteiger partial charge on any atom is -0.350 e. The average Bonchev–Trinajstić information content (AvgIpc) is 3.05. The molecule has 0 bridgehead atoms. The van der Waals surface area contributed by atoms with Gasteiger partial charge in [0.1, 0.15) is 10.3 Å². The van der Waals surface area contributed by atoms with Gasteiger partial charge in [-0.25, -0.2) is 9.67 Å². The third kappa shape index (κ3) is 4.71. The maximum Gasteiger partial charge on any atom is 0.274 e. The number of pyridine rings is 1. The Morgan fingerprint density at radius 3 is 2.53 bits per heavy atom. The highest BCUT2D eigenvalue weighted by molar-refractivity contribution is 9.10.